The second-order valence-corrected chi connectivity index (χ2v) is 1.84. The largest absolute Gasteiger partial charge is 0.468 e. The second kappa shape index (κ2) is 6.82. The minimum Gasteiger partial charge on any atom is -0.468 e. The summed E-state index contributed by atoms with van der Waals surface area (Å²) in [7, 11) is 0. The lowest BCUT2D eigenvalue weighted by atomic mass is 10.4. The van der Waals surface area contributed by atoms with Gasteiger partial charge in [0.15, 0.2) is 0 Å². The van der Waals surface area contributed by atoms with E-state index in [4.69, 9.17) is 0 Å². The maximum Gasteiger partial charge on any atom is 0.293 e. The van der Waals surface area contributed by atoms with Crippen molar-refractivity contribution in [2.24, 2.45) is 0 Å². The highest BCUT2D eigenvalue weighted by molar-refractivity contribution is 7.80. The Hall–Kier alpha value is -0.180. The molecule has 2 nitrogen and oxygen atoms in total. The summed E-state index contributed by atoms with van der Waals surface area (Å²) in [5.41, 5.74) is 0. The Kier molecular flexibility index (Phi) is 6.67. The van der Waals surface area contributed by atoms with Crippen molar-refractivity contribution in [3.63, 3.8) is 0 Å². The summed E-state index contributed by atoms with van der Waals surface area (Å²) in [6, 6.07) is 0. The number of thiol groups is 1. The van der Waals surface area contributed by atoms with Gasteiger partial charge >= 0.3 is 0 Å². The van der Waals surface area contributed by atoms with Gasteiger partial charge in [0.25, 0.3) is 6.47 Å². The fourth-order valence-electron chi connectivity index (χ4n) is 0.345. The molecule has 0 aliphatic carbocycles. The lowest BCUT2D eigenvalue weighted by Gasteiger charge is -1.93. The van der Waals surface area contributed by atoms with Crippen LogP contribution in [0.1, 0.15) is 12.8 Å². The predicted molar refractivity (Wildman–Crippen MR) is 35.1 cm³/mol. The van der Waals surface area contributed by atoms with Crippen LogP contribution in [0.3, 0.4) is 0 Å². The van der Waals surface area contributed by atoms with Crippen LogP contribution in [0.5, 0.6) is 0 Å². The Balaban J connectivity index is 2.62. The molecule has 0 aromatic carbocycles. The highest BCUT2D eigenvalue weighted by Gasteiger charge is 1.82. The van der Waals surface area contributed by atoms with E-state index < -0.39 is 0 Å². The Labute approximate surface area is 54.6 Å². The number of unbranched alkanes of at least 4 members (excludes halogenated alkanes) is 1. The Morgan fingerprint density at radius 3 is 2.75 bits per heavy atom. The van der Waals surface area contributed by atoms with Crippen LogP contribution in [-0.2, 0) is 9.53 Å². The van der Waals surface area contributed by atoms with Crippen LogP contribution in [0.25, 0.3) is 0 Å². The monoisotopic (exact) mass is 134 g/mol. The van der Waals surface area contributed by atoms with Crippen LogP contribution in [0.2, 0.25) is 0 Å². The normalized spacial score (nSPS) is 8.62. The number of carbonyl (C=O) groups is 1. The topological polar surface area (TPSA) is 26.3 Å². The SMILES string of the molecule is O=COCCCCS. The van der Waals surface area contributed by atoms with Gasteiger partial charge in [-0.25, -0.2) is 0 Å². The maximum absolute atomic E-state index is 9.53. The van der Waals surface area contributed by atoms with Gasteiger partial charge in [-0.1, -0.05) is 0 Å². The first-order valence-electron chi connectivity index (χ1n) is 2.58. The highest BCUT2D eigenvalue weighted by Crippen LogP contribution is 1.89. The molecule has 0 amide bonds. The van der Waals surface area contributed by atoms with Crippen molar-refractivity contribution >= 4 is 19.1 Å². The molecule has 0 aromatic heterocycles. The summed E-state index contributed by atoms with van der Waals surface area (Å²) >= 11 is 3.98. The van der Waals surface area contributed by atoms with Gasteiger partial charge in [-0.05, 0) is 18.6 Å². The van der Waals surface area contributed by atoms with E-state index in [1.807, 2.05) is 0 Å². The summed E-state index contributed by atoms with van der Waals surface area (Å²) in [5, 5.41) is 0. The van der Waals surface area contributed by atoms with Gasteiger partial charge < -0.3 is 4.74 Å². The zero-order valence-electron chi connectivity index (χ0n) is 4.67. The van der Waals surface area contributed by atoms with Crippen LogP contribution >= 0.6 is 12.6 Å². The molecular formula is C5H10O2S. The molecule has 0 aromatic rings. The molecule has 0 fully saturated rings. The molecule has 0 heterocycles. The molecule has 0 saturated carbocycles. The van der Waals surface area contributed by atoms with Gasteiger partial charge in [-0.3, -0.25) is 4.79 Å². The van der Waals surface area contributed by atoms with Crippen molar-refractivity contribution in [3.05, 3.63) is 0 Å². The number of rotatable bonds is 5. The van der Waals surface area contributed by atoms with E-state index in [9.17, 15) is 4.79 Å². The molecule has 8 heavy (non-hydrogen) atoms. The zero-order valence-corrected chi connectivity index (χ0v) is 5.56. The molecule has 0 bridgehead atoms. The summed E-state index contributed by atoms with van der Waals surface area (Å²) in [5.74, 6) is 0.863. The van der Waals surface area contributed by atoms with Gasteiger partial charge in [-0.2, -0.15) is 12.6 Å². The number of carbonyl (C=O) groups excluding carboxylic acids is 1. The van der Waals surface area contributed by atoms with E-state index in [-0.39, 0.29) is 0 Å². The van der Waals surface area contributed by atoms with E-state index in [1.54, 1.807) is 0 Å². The molecule has 3 heteroatoms. The molecular weight excluding hydrogens is 124 g/mol. The third-order valence-electron chi connectivity index (χ3n) is 0.738. The lowest BCUT2D eigenvalue weighted by molar-refractivity contribution is -0.128. The second-order valence-electron chi connectivity index (χ2n) is 1.40. The standard InChI is InChI=1S/C5H10O2S/c6-5-7-3-1-2-4-8/h5,8H,1-4H2. The average Bonchev–Trinajstić information content (AvgIpc) is 1.81. The molecule has 0 aliphatic rings. The van der Waals surface area contributed by atoms with E-state index >= 15 is 0 Å². The van der Waals surface area contributed by atoms with Crippen LogP contribution in [0, 0.1) is 0 Å². The Morgan fingerprint density at radius 1 is 1.50 bits per heavy atom. The fourth-order valence-corrected chi connectivity index (χ4v) is 0.569. The molecule has 0 N–H and O–H groups in total. The average molecular weight is 134 g/mol. The van der Waals surface area contributed by atoms with Gasteiger partial charge in [0.2, 0.25) is 0 Å². The van der Waals surface area contributed by atoms with Gasteiger partial charge in [-0.15, -0.1) is 0 Å². The van der Waals surface area contributed by atoms with E-state index in [1.165, 1.54) is 0 Å². The molecule has 0 rings (SSSR count). The molecule has 0 spiro atoms. The fraction of sp³-hybridized carbons (Fsp3) is 0.800. The van der Waals surface area contributed by atoms with Crippen molar-refractivity contribution in [1.82, 2.24) is 0 Å². The zero-order chi connectivity index (χ0) is 6.24. The lowest BCUT2D eigenvalue weighted by Crippen LogP contribution is -1.90. The number of ether oxygens (including phenoxy) is 1. The van der Waals surface area contributed by atoms with Gasteiger partial charge in [0, 0.05) is 0 Å². The van der Waals surface area contributed by atoms with Crippen LogP contribution < -0.4 is 0 Å². The third-order valence-corrected chi connectivity index (χ3v) is 1.05. The molecule has 0 aliphatic heterocycles. The van der Waals surface area contributed by atoms with Crippen molar-refractivity contribution in [1.29, 1.82) is 0 Å². The molecule has 0 atom stereocenters. The first kappa shape index (κ1) is 7.82. The van der Waals surface area contributed by atoms with Gasteiger partial charge in [0.1, 0.15) is 0 Å². The summed E-state index contributed by atoms with van der Waals surface area (Å²) in [6.45, 7) is 1.00. The molecule has 0 radical (unpaired) electrons. The molecule has 0 saturated heterocycles. The van der Waals surface area contributed by atoms with Crippen molar-refractivity contribution in [2.75, 3.05) is 12.4 Å². The van der Waals surface area contributed by atoms with Crippen molar-refractivity contribution < 1.29 is 9.53 Å². The first-order valence-corrected chi connectivity index (χ1v) is 3.21. The minimum absolute atomic E-state index is 0.471. The van der Waals surface area contributed by atoms with Crippen LogP contribution in [0.15, 0.2) is 0 Å². The Morgan fingerprint density at radius 2 is 2.25 bits per heavy atom. The smallest absolute Gasteiger partial charge is 0.293 e. The van der Waals surface area contributed by atoms with Crippen LogP contribution in [-0.4, -0.2) is 18.8 Å². The molecule has 48 valence electrons. The Bertz CT molecular complexity index is 56.4. The maximum atomic E-state index is 9.53. The van der Waals surface area contributed by atoms with Crippen molar-refractivity contribution in [2.45, 2.75) is 12.8 Å². The quantitative estimate of drug-likeness (QED) is 0.343. The van der Waals surface area contributed by atoms with E-state index in [0.717, 1.165) is 18.6 Å². The van der Waals surface area contributed by atoms with E-state index in [2.05, 4.69) is 17.4 Å². The van der Waals surface area contributed by atoms with Crippen molar-refractivity contribution in [3.8, 4) is 0 Å². The van der Waals surface area contributed by atoms with E-state index in [0.29, 0.717) is 13.1 Å². The highest BCUT2D eigenvalue weighted by atomic mass is 32.1. The summed E-state index contributed by atoms with van der Waals surface area (Å²) in [4.78, 5) is 9.53. The third kappa shape index (κ3) is 5.82. The first-order chi connectivity index (χ1) is 3.91. The number of hydrogen-bond donors (Lipinski definition) is 1. The molecule has 0 unspecified atom stereocenters. The predicted octanol–water partition coefficient (Wildman–Crippen LogP) is 0.869. The van der Waals surface area contributed by atoms with Gasteiger partial charge in [0.05, 0.1) is 6.61 Å². The summed E-state index contributed by atoms with van der Waals surface area (Å²) < 4.78 is 4.42. The van der Waals surface area contributed by atoms with Crippen LogP contribution in [0.4, 0.5) is 0 Å². The summed E-state index contributed by atoms with van der Waals surface area (Å²) in [6.07, 6.45) is 1.93. The number of hydrogen-bond acceptors (Lipinski definition) is 3. The minimum atomic E-state index is 0.471.